The fraction of sp³-hybridized carbons (Fsp3) is 0.909. The van der Waals surface area contributed by atoms with E-state index in [1.54, 1.807) is 0 Å². The number of hydrogen-bond acceptors (Lipinski definition) is 2. The lowest BCUT2D eigenvalue weighted by molar-refractivity contribution is 0.188. The maximum Gasteiger partial charge on any atom is 0.0669 e. The van der Waals surface area contributed by atoms with Crippen molar-refractivity contribution in [1.29, 1.82) is 5.26 Å². The molecule has 0 aromatic rings. The molecule has 0 bridgehead atoms. The molecular weight excluding hydrogens is 160 g/mol. The molecule has 0 saturated carbocycles. The van der Waals surface area contributed by atoms with Gasteiger partial charge in [-0.2, -0.15) is 5.26 Å². The quantitative estimate of drug-likeness (QED) is 0.652. The number of nitriles is 1. The van der Waals surface area contributed by atoms with Gasteiger partial charge in [-0.25, -0.2) is 0 Å². The van der Waals surface area contributed by atoms with E-state index < -0.39 is 0 Å². The fourth-order valence-electron chi connectivity index (χ4n) is 1.93. The molecule has 2 unspecified atom stereocenters. The van der Waals surface area contributed by atoms with Crippen molar-refractivity contribution in [2.45, 2.75) is 45.6 Å². The monoisotopic (exact) mass is 180 g/mol. The molecule has 2 nitrogen and oxygen atoms in total. The van der Waals surface area contributed by atoms with Crippen LogP contribution in [0.15, 0.2) is 0 Å². The van der Waals surface area contributed by atoms with E-state index >= 15 is 0 Å². The van der Waals surface area contributed by atoms with Gasteiger partial charge >= 0.3 is 0 Å². The summed E-state index contributed by atoms with van der Waals surface area (Å²) in [5.41, 5.74) is 0. The van der Waals surface area contributed by atoms with Crippen molar-refractivity contribution in [3.63, 3.8) is 0 Å². The van der Waals surface area contributed by atoms with Crippen LogP contribution in [0.2, 0.25) is 0 Å². The van der Waals surface area contributed by atoms with Crippen LogP contribution in [-0.2, 0) is 0 Å². The van der Waals surface area contributed by atoms with E-state index in [0.717, 1.165) is 0 Å². The third-order valence-electron chi connectivity index (χ3n) is 3.14. The van der Waals surface area contributed by atoms with Crippen LogP contribution in [0.3, 0.4) is 0 Å². The average Bonchev–Trinajstić information content (AvgIpc) is 2.43. The molecule has 1 heterocycles. The first kappa shape index (κ1) is 10.5. The Morgan fingerprint density at radius 1 is 1.08 bits per heavy atom. The van der Waals surface area contributed by atoms with Gasteiger partial charge in [0.1, 0.15) is 0 Å². The smallest absolute Gasteiger partial charge is 0.0669 e. The first-order valence-corrected chi connectivity index (χ1v) is 5.39. The molecule has 2 atom stereocenters. The molecule has 2 heteroatoms. The molecule has 1 aliphatic heterocycles. The minimum absolute atomic E-state index is 0.165. The van der Waals surface area contributed by atoms with Gasteiger partial charge in [0.2, 0.25) is 0 Å². The van der Waals surface area contributed by atoms with Crippen molar-refractivity contribution >= 4 is 0 Å². The van der Waals surface area contributed by atoms with Gasteiger partial charge in [-0.15, -0.1) is 0 Å². The Bertz CT molecular complexity index is 175. The largest absolute Gasteiger partial charge is 0.299 e. The molecule has 0 aromatic carbocycles. The van der Waals surface area contributed by atoms with Gasteiger partial charge in [0.15, 0.2) is 0 Å². The van der Waals surface area contributed by atoms with Crippen molar-refractivity contribution in [3.8, 4) is 6.07 Å². The third-order valence-corrected chi connectivity index (χ3v) is 3.14. The third kappa shape index (κ3) is 3.00. The SMILES string of the molecule is CC(C#N)C(C)N1CCCCCC1. The Morgan fingerprint density at radius 3 is 2.08 bits per heavy atom. The van der Waals surface area contributed by atoms with Crippen molar-refractivity contribution in [3.05, 3.63) is 0 Å². The van der Waals surface area contributed by atoms with E-state index in [1.165, 1.54) is 38.8 Å². The lowest BCUT2D eigenvalue weighted by Gasteiger charge is -2.29. The van der Waals surface area contributed by atoms with Crippen molar-refractivity contribution < 1.29 is 0 Å². The first-order chi connectivity index (χ1) is 6.25. The highest BCUT2D eigenvalue weighted by Gasteiger charge is 2.20. The summed E-state index contributed by atoms with van der Waals surface area (Å²) in [5, 5.41) is 8.83. The molecule has 13 heavy (non-hydrogen) atoms. The van der Waals surface area contributed by atoms with Crippen LogP contribution in [0.1, 0.15) is 39.5 Å². The van der Waals surface area contributed by atoms with Gasteiger partial charge in [0.05, 0.1) is 12.0 Å². The van der Waals surface area contributed by atoms with E-state index in [1.807, 2.05) is 6.92 Å². The molecule has 0 aliphatic carbocycles. The number of rotatable bonds is 2. The summed E-state index contributed by atoms with van der Waals surface area (Å²) in [6, 6.07) is 2.77. The molecule has 1 aliphatic rings. The van der Waals surface area contributed by atoms with Crippen molar-refractivity contribution in [1.82, 2.24) is 4.90 Å². The van der Waals surface area contributed by atoms with Gasteiger partial charge in [-0.05, 0) is 39.8 Å². The molecule has 0 amide bonds. The van der Waals surface area contributed by atoms with E-state index in [4.69, 9.17) is 5.26 Å². The number of hydrogen-bond donors (Lipinski definition) is 0. The number of likely N-dealkylation sites (tertiary alicyclic amines) is 1. The lowest BCUT2D eigenvalue weighted by Crippen LogP contribution is -2.37. The Labute approximate surface area is 81.5 Å². The Morgan fingerprint density at radius 2 is 1.62 bits per heavy atom. The second kappa shape index (κ2) is 5.24. The lowest BCUT2D eigenvalue weighted by atomic mass is 10.0. The summed E-state index contributed by atoms with van der Waals surface area (Å²) in [4.78, 5) is 2.47. The van der Waals surface area contributed by atoms with Crippen molar-refractivity contribution in [2.24, 2.45) is 5.92 Å². The molecule has 1 fully saturated rings. The maximum atomic E-state index is 8.83. The molecule has 74 valence electrons. The van der Waals surface area contributed by atoms with Crippen LogP contribution in [-0.4, -0.2) is 24.0 Å². The second-order valence-corrected chi connectivity index (χ2v) is 4.11. The minimum Gasteiger partial charge on any atom is -0.299 e. The predicted octanol–water partition coefficient (Wildman–Crippen LogP) is 2.41. The molecule has 0 N–H and O–H groups in total. The first-order valence-electron chi connectivity index (χ1n) is 5.39. The van der Waals surface area contributed by atoms with E-state index in [-0.39, 0.29) is 5.92 Å². The molecule has 0 spiro atoms. The summed E-state index contributed by atoms with van der Waals surface area (Å²) >= 11 is 0. The summed E-state index contributed by atoms with van der Waals surface area (Å²) in [7, 11) is 0. The summed E-state index contributed by atoms with van der Waals surface area (Å²) < 4.78 is 0. The van der Waals surface area contributed by atoms with Crippen LogP contribution in [0.25, 0.3) is 0 Å². The summed E-state index contributed by atoms with van der Waals surface area (Å²) in [6.45, 7) is 6.58. The Hall–Kier alpha value is -0.550. The van der Waals surface area contributed by atoms with Gasteiger partial charge < -0.3 is 0 Å². The zero-order valence-electron chi connectivity index (χ0n) is 8.79. The van der Waals surface area contributed by atoms with Crippen LogP contribution >= 0.6 is 0 Å². The van der Waals surface area contributed by atoms with Gasteiger partial charge in [-0.1, -0.05) is 12.8 Å². The fourth-order valence-corrected chi connectivity index (χ4v) is 1.93. The zero-order valence-corrected chi connectivity index (χ0v) is 8.79. The maximum absolute atomic E-state index is 8.83. The average molecular weight is 180 g/mol. The van der Waals surface area contributed by atoms with Gasteiger partial charge in [0, 0.05) is 6.04 Å². The zero-order chi connectivity index (χ0) is 9.68. The van der Waals surface area contributed by atoms with Gasteiger partial charge in [0.25, 0.3) is 0 Å². The Balaban J connectivity index is 2.44. The Kier molecular flexibility index (Phi) is 4.24. The second-order valence-electron chi connectivity index (χ2n) is 4.11. The molecule has 0 radical (unpaired) electrons. The highest BCUT2D eigenvalue weighted by Crippen LogP contribution is 2.16. The van der Waals surface area contributed by atoms with E-state index in [9.17, 15) is 0 Å². The van der Waals surface area contributed by atoms with Crippen LogP contribution in [0.5, 0.6) is 0 Å². The summed E-state index contributed by atoms with van der Waals surface area (Å²) in [6.07, 6.45) is 5.35. The molecule has 0 aromatic heterocycles. The predicted molar refractivity (Wildman–Crippen MR) is 54.3 cm³/mol. The normalized spacial score (nSPS) is 24.4. The van der Waals surface area contributed by atoms with Crippen LogP contribution < -0.4 is 0 Å². The van der Waals surface area contributed by atoms with E-state index in [2.05, 4.69) is 17.9 Å². The van der Waals surface area contributed by atoms with Gasteiger partial charge in [-0.3, -0.25) is 4.90 Å². The highest BCUT2D eigenvalue weighted by atomic mass is 15.1. The molecular formula is C11H20N2. The topological polar surface area (TPSA) is 27.0 Å². The highest BCUT2D eigenvalue weighted by molar-refractivity contribution is 4.88. The standard InChI is InChI=1S/C11H20N2/c1-10(9-12)11(2)13-7-5-3-4-6-8-13/h10-11H,3-8H2,1-2H3. The molecule has 1 rings (SSSR count). The van der Waals surface area contributed by atoms with E-state index in [0.29, 0.717) is 6.04 Å². The van der Waals surface area contributed by atoms with Crippen LogP contribution in [0.4, 0.5) is 0 Å². The minimum atomic E-state index is 0.165. The van der Waals surface area contributed by atoms with Crippen LogP contribution in [0, 0.1) is 17.2 Å². The van der Waals surface area contributed by atoms with Crippen molar-refractivity contribution in [2.75, 3.05) is 13.1 Å². The summed E-state index contributed by atoms with van der Waals surface area (Å²) in [5.74, 6) is 0.165. The molecule has 1 saturated heterocycles. The number of nitrogens with zero attached hydrogens (tertiary/aromatic N) is 2.